The fourth-order valence-corrected chi connectivity index (χ4v) is 2.40. The Kier molecular flexibility index (Phi) is 4.36. The molecule has 0 aliphatic rings. The molecule has 0 heterocycles. The smallest absolute Gasteiger partial charge is 0.118 e. The summed E-state index contributed by atoms with van der Waals surface area (Å²) in [6.45, 7) is 4.02. The van der Waals surface area contributed by atoms with Gasteiger partial charge in [-0.05, 0) is 55.2 Å². The van der Waals surface area contributed by atoms with Gasteiger partial charge in [-0.3, -0.25) is 0 Å². The number of hydrogen-bond acceptors (Lipinski definition) is 2. The van der Waals surface area contributed by atoms with Gasteiger partial charge in [0.2, 0.25) is 0 Å². The molecular formula is C17H20ClNO. The van der Waals surface area contributed by atoms with E-state index >= 15 is 0 Å². The minimum atomic E-state index is -0.452. The van der Waals surface area contributed by atoms with Crippen LogP contribution in [0.5, 0.6) is 5.75 Å². The fourth-order valence-electron chi connectivity index (χ4n) is 2.22. The van der Waals surface area contributed by atoms with Crippen LogP contribution in [0.4, 0.5) is 0 Å². The van der Waals surface area contributed by atoms with Crippen molar-refractivity contribution in [3.8, 4) is 5.75 Å². The number of hydrogen-bond donors (Lipinski definition) is 1. The lowest BCUT2D eigenvalue weighted by molar-refractivity contribution is 0.414. The highest BCUT2D eigenvalue weighted by atomic mass is 35.5. The van der Waals surface area contributed by atoms with Crippen LogP contribution in [-0.2, 0) is 12.0 Å². The molecule has 2 rings (SSSR count). The molecule has 0 radical (unpaired) electrons. The lowest BCUT2D eigenvalue weighted by Gasteiger charge is -2.26. The highest BCUT2D eigenvalue weighted by Gasteiger charge is 2.22. The zero-order valence-electron chi connectivity index (χ0n) is 12.1. The molecule has 2 aromatic rings. The summed E-state index contributed by atoms with van der Waals surface area (Å²) in [5, 5.41) is 0.758. The van der Waals surface area contributed by atoms with Gasteiger partial charge in [-0.1, -0.05) is 35.9 Å². The molecule has 2 aromatic carbocycles. The Bertz CT molecular complexity index is 590. The minimum absolute atomic E-state index is 0.452. The lowest BCUT2D eigenvalue weighted by atomic mass is 9.86. The maximum Gasteiger partial charge on any atom is 0.118 e. The standard InChI is InChI=1S/C17H20ClNO/c1-12-4-7-14(10-16(12)18)17(2,19)11-13-5-8-15(20-3)9-6-13/h4-10H,11,19H2,1-3H3. The van der Waals surface area contributed by atoms with Gasteiger partial charge in [0.15, 0.2) is 0 Å². The van der Waals surface area contributed by atoms with E-state index in [9.17, 15) is 0 Å². The largest absolute Gasteiger partial charge is 0.497 e. The SMILES string of the molecule is COc1ccc(CC(C)(N)c2ccc(C)c(Cl)c2)cc1. The Morgan fingerprint density at radius 1 is 1.15 bits per heavy atom. The highest BCUT2D eigenvalue weighted by molar-refractivity contribution is 6.31. The molecule has 0 spiro atoms. The minimum Gasteiger partial charge on any atom is -0.497 e. The van der Waals surface area contributed by atoms with Crippen LogP contribution in [0.15, 0.2) is 42.5 Å². The van der Waals surface area contributed by atoms with E-state index in [4.69, 9.17) is 22.1 Å². The van der Waals surface area contributed by atoms with Crippen LogP contribution in [0.2, 0.25) is 5.02 Å². The van der Waals surface area contributed by atoms with E-state index in [1.54, 1.807) is 7.11 Å². The van der Waals surface area contributed by atoms with Crippen LogP contribution >= 0.6 is 11.6 Å². The van der Waals surface area contributed by atoms with Crippen LogP contribution < -0.4 is 10.5 Å². The van der Waals surface area contributed by atoms with Gasteiger partial charge in [0.05, 0.1) is 7.11 Å². The van der Waals surface area contributed by atoms with Crippen LogP contribution in [0.25, 0.3) is 0 Å². The van der Waals surface area contributed by atoms with Gasteiger partial charge < -0.3 is 10.5 Å². The molecule has 0 bridgehead atoms. The normalized spacial score (nSPS) is 13.8. The van der Waals surface area contributed by atoms with Crippen molar-refractivity contribution in [2.24, 2.45) is 5.73 Å². The van der Waals surface area contributed by atoms with Crippen molar-refractivity contribution in [1.82, 2.24) is 0 Å². The number of nitrogens with two attached hydrogens (primary N) is 1. The summed E-state index contributed by atoms with van der Waals surface area (Å²) >= 11 is 6.19. The third-order valence-electron chi connectivity index (χ3n) is 3.56. The van der Waals surface area contributed by atoms with Gasteiger partial charge in [-0.25, -0.2) is 0 Å². The number of halogens is 1. The fraction of sp³-hybridized carbons (Fsp3) is 0.294. The van der Waals surface area contributed by atoms with Gasteiger partial charge in [0.1, 0.15) is 5.75 Å². The Hall–Kier alpha value is -1.51. The second-order valence-electron chi connectivity index (χ2n) is 5.41. The molecule has 20 heavy (non-hydrogen) atoms. The quantitative estimate of drug-likeness (QED) is 0.921. The first-order valence-electron chi connectivity index (χ1n) is 6.61. The van der Waals surface area contributed by atoms with Gasteiger partial charge in [-0.2, -0.15) is 0 Å². The van der Waals surface area contributed by atoms with E-state index in [-0.39, 0.29) is 0 Å². The molecule has 0 aliphatic heterocycles. The first kappa shape index (κ1) is 14.9. The molecule has 0 aromatic heterocycles. The Morgan fingerprint density at radius 2 is 1.80 bits per heavy atom. The molecule has 1 atom stereocenters. The molecular weight excluding hydrogens is 270 g/mol. The molecule has 3 heteroatoms. The average Bonchev–Trinajstić information content (AvgIpc) is 2.42. The van der Waals surface area contributed by atoms with Crippen molar-refractivity contribution in [3.05, 3.63) is 64.2 Å². The van der Waals surface area contributed by atoms with Crippen molar-refractivity contribution in [2.75, 3.05) is 7.11 Å². The van der Waals surface area contributed by atoms with Crippen LogP contribution in [0, 0.1) is 6.92 Å². The van der Waals surface area contributed by atoms with Gasteiger partial charge in [0, 0.05) is 10.6 Å². The molecule has 0 saturated heterocycles. The van der Waals surface area contributed by atoms with Crippen molar-refractivity contribution in [1.29, 1.82) is 0 Å². The Morgan fingerprint density at radius 3 is 2.35 bits per heavy atom. The van der Waals surface area contributed by atoms with E-state index in [0.717, 1.165) is 28.3 Å². The predicted octanol–water partition coefficient (Wildman–Crippen LogP) is 4.07. The van der Waals surface area contributed by atoms with Gasteiger partial charge in [0.25, 0.3) is 0 Å². The first-order chi connectivity index (χ1) is 9.42. The highest BCUT2D eigenvalue weighted by Crippen LogP contribution is 2.27. The van der Waals surface area contributed by atoms with Crippen molar-refractivity contribution < 1.29 is 4.74 Å². The van der Waals surface area contributed by atoms with Gasteiger partial charge in [-0.15, -0.1) is 0 Å². The summed E-state index contributed by atoms with van der Waals surface area (Å²) in [7, 11) is 1.66. The summed E-state index contributed by atoms with van der Waals surface area (Å²) in [5.41, 5.74) is 9.30. The topological polar surface area (TPSA) is 35.2 Å². The molecule has 0 aliphatic carbocycles. The van der Waals surface area contributed by atoms with E-state index in [1.165, 1.54) is 5.56 Å². The number of aryl methyl sites for hydroxylation is 1. The zero-order valence-corrected chi connectivity index (χ0v) is 12.9. The van der Waals surface area contributed by atoms with E-state index in [0.29, 0.717) is 0 Å². The second kappa shape index (κ2) is 5.86. The molecule has 106 valence electrons. The predicted molar refractivity (Wildman–Crippen MR) is 84.4 cm³/mol. The van der Waals surface area contributed by atoms with E-state index in [1.807, 2.05) is 56.3 Å². The maximum atomic E-state index is 6.47. The number of rotatable bonds is 4. The Labute approximate surface area is 125 Å². The van der Waals surface area contributed by atoms with E-state index < -0.39 is 5.54 Å². The summed E-state index contributed by atoms with van der Waals surface area (Å²) in [4.78, 5) is 0. The third-order valence-corrected chi connectivity index (χ3v) is 3.97. The summed E-state index contributed by atoms with van der Waals surface area (Å²) in [6.07, 6.45) is 0.746. The summed E-state index contributed by atoms with van der Waals surface area (Å²) in [5.74, 6) is 0.853. The zero-order chi connectivity index (χ0) is 14.8. The molecule has 1 unspecified atom stereocenters. The second-order valence-corrected chi connectivity index (χ2v) is 5.81. The number of methoxy groups -OCH3 is 1. The summed E-state index contributed by atoms with van der Waals surface area (Å²) in [6, 6.07) is 14.0. The van der Waals surface area contributed by atoms with Crippen LogP contribution in [-0.4, -0.2) is 7.11 Å². The molecule has 2 N–H and O–H groups in total. The molecule has 0 fully saturated rings. The molecule has 2 nitrogen and oxygen atoms in total. The molecule has 0 saturated carbocycles. The third kappa shape index (κ3) is 3.33. The van der Waals surface area contributed by atoms with Crippen LogP contribution in [0.1, 0.15) is 23.6 Å². The average molecular weight is 290 g/mol. The van der Waals surface area contributed by atoms with Gasteiger partial charge >= 0.3 is 0 Å². The summed E-state index contributed by atoms with van der Waals surface area (Å²) < 4.78 is 5.16. The lowest BCUT2D eigenvalue weighted by Crippen LogP contribution is -2.35. The Balaban J connectivity index is 2.22. The number of ether oxygens (including phenoxy) is 1. The van der Waals surface area contributed by atoms with Crippen molar-refractivity contribution in [3.63, 3.8) is 0 Å². The van der Waals surface area contributed by atoms with Crippen molar-refractivity contribution >= 4 is 11.6 Å². The molecule has 0 amide bonds. The first-order valence-corrected chi connectivity index (χ1v) is 6.98. The van der Waals surface area contributed by atoms with Crippen molar-refractivity contribution in [2.45, 2.75) is 25.8 Å². The van der Waals surface area contributed by atoms with E-state index in [2.05, 4.69) is 0 Å². The van der Waals surface area contributed by atoms with Crippen LogP contribution in [0.3, 0.4) is 0 Å². The maximum absolute atomic E-state index is 6.47. The monoisotopic (exact) mass is 289 g/mol. The number of benzene rings is 2.